The van der Waals surface area contributed by atoms with Gasteiger partial charge in [-0.15, -0.1) is 45.5 Å². The number of aryl methyl sites for hydroxylation is 1. The van der Waals surface area contributed by atoms with Gasteiger partial charge in [0.25, 0.3) is 0 Å². The van der Waals surface area contributed by atoms with Crippen molar-refractivity contribution in [3.05, 3.63) is 34.0 Å². The number of aliphatic imine (C=N–C) groups is 1. The van der Waals surface area contributed by atoms with Gasteiger partial charge in [0.05, 0.1) is 6.04 Å². The number of nitrogens with zero attached hydrogens (tertiary/aromatic N) is 5. The number of halogens is 1. The van der Waals surface area contributed by atoms with Crippen LogP contribution < -0.4 is 10.6 Å². The maximum Gasteiger partial charge on any atom is 0.191 e. The normalized spacial score (nSPS) is 15.9. The van der Waals surface area contributed by atoms with Crippen molar-refractivity contribution >= 4 is 41.3 Å². The molecule has 1 unspecified atom stereocenters. The van der Waals surface area contributed by atoms with Crippen molar-refractivity contribution in [2.24, 2.45) is 12.0 Å². The molecule has 0 aliphatic carbocycles. The first-order valence-electron chi connectivity index (χ1n) is 10.3. The molecule has 0 aromatic carbocycles. The lowest BCUT2D eigenvalue weighted by molar-refractivity contribution is 0.249. The summed E-state index contributed by atoms with van der Waals surface area (Å²) in [7, 11) is 1.98. The van der Waals surface area contributed by atoms with Crippen LogP contribution in [0.4, 0.5) is 0 Å². The summed E-state index contributed by atoms with van der Waals surface area (Å²) in [6.07, 6.45) is 4.88. The molecule has 2 aromatic heterocycles. The Bertz CT molecular complexity index is 738. The summed E-state index contributed by atoms with van der Waals surface area (Å²) in [4.78, 5) is 8.79. The number of likely N-dealkylation sites (tertiary alicyclic amines) is 1. The standard InChI is InChI=1S/C20H33N7S.HI/c1-4-5-10-21-20(23-15-19-25-24-16(2)26(19)3)22-14-17(18-9-8-13-28-18)27-11-6-7-12-27;/h8-9,13,17H,4-7,10-12,14-15H2,1-3H3,(H2,21,22,23);1H. The molecule has 0 bridgehead atoms. The first kappa shape index (κ1) is 24.1. The number of aromatic nitrogens is 3. The zero-order chi connectivity index (χ0) is 19.8. The minimum absolute atomic E-state index is 0. The summed E-state index contributed by atoms with van der Waals surface area (Å²) in [5.41, 5.74) is 0. The Balaban J connectivity index is 0.00000300. The van der Waals surface area contributed by atoms with E-state index in [1.165, 1.54) is 30.8 Å². The van der Waals surface area contributed by atoms with E-state index in [4.69, 9.17) is 4.99 Å². The second-order valence-electron chi connectivity index (χ2n) is 7.32. The number of unbranched alkanes of at least 4 members (excludes halogenated alkanes) is 1. The number of rotatable bonds is 9. The Hall–Kier alpha value is -1.20. The van der Waals surface area contributed by atoms with Crippen LogP contribution in [0.15, 0.2) is 22.5 Å². The van der Waals surface area contributed by atoms with Gasteiger partial charge >= 0.3 is 0 Å². The summed E-state index contributed by atoms with van der Waals surface area (Å²) in [6.45, 7) is 8.82. The van der Waals surface area contributed by atoms with Crippen molar-refractivity contribution in [1.82, 2.24) is 30.3 Å². The number of nitrogens with one attached hydrogen (secondary N) is 2. The zero-order valence-corrected chi connectivity index (χ0v) is 20.9. The lowest BCUT2D eigenvalue weighted by Crippen LogP contribution is -2.43. The van der Waals surface area contributed by atoms with E-state index in [1.54, 1.807) is 0 Å². The van der Waals surface area contributed by atoms with Gasteiger partial charge in [-0.25, -0.2) is 4.99 Å². The fourth-order valence-electron chi connectivity index (χ4n) is 3.43. The summed E-state index contributed by atoms with van der Waals surface area (Å²) in [5, 5.41) is 17.6. The lowest BCUT2D eigenvalue weighted by Gasteiger charge is -2.27. The third-order valence-corrected chi connectivity index (χ3v) is 6.27. The van der Waals surface area contributed by atoms with E-state index in [1.807, 2.05) is 29.9 Å². The van der Waals surface area contributed by atoms with Crippen LogP contribution in [0.1, 0.15) is 55.2 Å². The van der Waals surface area contributed by atoms with Gasteiger partial charge in [-0.2, -0.15) is 0 Å². The molecule has 7 nitrogen and oxygen atoms in total. The molecular formula is C20H34IN7S. The SMILES string of the molecule is CCCCNC(=NCc1nnc(C)n1C)NCC(c1cccs1)N1CCCC1.I. The first-order valence-corrected chi connectivity index (χ1v) is 11.2. The molecule has 0 amide bonds. The van der Waals surface area contributed by atoms with Gasteiger partial charge in [-0.1, -0.05) is 19.4 Å². The number of guanidine groups is 1. The van der Waals surface area contributed by atoms with Crippen molar-refractivity contribution in [2.45, 2.75) is 52.1 Å². The van der Waals surface area contributed by atoms with Crippen molar-refractivity contribution in [1.29, 1.82) is 0 Å². The number of hydrogen-bond donors (Lipinski definition) is 2. The predicted molar refractivity (Wildman–Crippen MR) is 131 cm³/mol. The van der Waals surface area contributed by atoms with E-state index < -0.39 is 0 Å². The molecule has 1 atom stereocenters. The maximum atomic E-state index is 4.78. The Labute approximate surface area is 195 Å². The highest BCUT2D eigenvalue weighted by Crippen LogP contribution is 2.27. The molecular weight excluding hydrogens is 497 g/mol. The zero-order valence-electron chi connectivity index (χ0n) is 17.7. The van der Waals surface area contributed by atoms with Gasteiger partial charge in [0.15, 0.2) is 11.8 Å². The fraction of sp³-hybridized carbons (Fsp3) is 0.650. The van der Waals surface area contributed by atoms with Gasteiger partial charge in [0.2, 0.25) is 0 Å². The first-order chi connectivity index (χ1) is 13.7. The Kier molecular flexibility index (Phi) is 10.4. The lowest BCUT2D eigenvalue weighted by atomic mass is 10.2. The van der Waals surface area contributed by atoms with Crippen molar-refractivity contribution in [2.75, 3.05) is 26.2 Å². The van der Waals surface area contributed by atoms with Crippen LogP contribution in [0.3, 0.4) is 0 Å². The van der Waals surface area contributed by atoms with Crippen molar-refractivity contribution in [3.63, 3.8) is 0 Å². The average molecular weight is 532 g/mol. The minimum atomic E-state index is 0. The molecule has 2 N–H and O–H groups in total. The molecule has 2 aromatic rings. The molecule has 3 rings (SSSR count). The molecule has 9 heteroatoms. The van der Waals surface area contributed by atoms with Crippen molar-refractivity contribution < 1.29 is 0 Å². The Morgan fingerprint density at radius 1 is 1.28 bits per heavy atom. The Morgan fingerprint density at radius 2 is 2.07 bits per heavy atom. The van der Waals surface area contributed by atoms with E-state index in [9.17, 15) is 0 Å². The predicted octanol–water partition coefficient (Wildman–Crippen LogP) is 3.48. The van der Waals surface area contributed by atoms with Gasteiger partial charge in [-0.05, 0) is 50.7 Å². The highest BCUT2D eigenvalue weighted by Gasteiger charge is 2.24. The van der Waals surface area contributed by atoms with Crippen LogP contribution >= 0.6 is 35.3 Å². The van der Waals surface area contributed by atoms with Gasteiger partial charge < -0.3 is 15.2 Å². The Morgan fingerprint density at radius 3 is 2.69 bits per heavy atom. The smallest absolute Gasteiger partial charge is 0.191 e. The summed E-state index contributed by atoms with van der Waals surface area (Å²) in [5.74, 6) is 2.64. The molecule has 0 spiro atoms. The topological polar surface area (TPSA) is 70.4 Å². The number of hydrogen-bond acceptors (Lipinski definition) is 5. The van der Waals surface area contributed by atoms with Gasteiger partial charge in [0.1, 0.15) is 12.4 Å². The van der Waals surface area contributed by atoms with Crippen LogP contribution in [-0.2, 0) is 13.6 Å². The molecule has 1 fully saturated rings. The van der Waals surface area contributed by atoms with Gasteiger partial charge in [0, 0.05) is 25.0 Å². The molecule has 1 saturated heterocycles. The number of thiophene rings is 1. The summed E-state index contributed by atoms with van der Waals surface area (Å²) in [6, 6.07) is 4.80. The third-order valence-electron chi connectivity index (χ3n) is 5.30. The molecule has 0 saturated carbocycles. The van der Waals surface area contributed by atoms with E-state index in [0.29, 0.717) is 12.6 Å². The van der Waals surface area contributed by atoms with E-state index in [2.05, 4.69) is 50.2 Å². The highest BCUT2D eigenvalue weighted by atomic mass is 127. The molecule has 0 radical (unpaired) electrons. The highest BCUT2D eigenvalue weighted by molar-refractivity contribution is 14.0. The van der Waals surface area contributed by atoms with Crippen LogP contribution in [0.2, 0.25) is 0 Å². The third kappa shape index (κ3) is 6.92. The summed E-state index contributed by atoms with van der Waals surface area (Å²) < 4.78 is 1.99. The second kappa shape index (κ2) is 12.5. The van der Waals surface area contributed by atoms with E-state index >= 15 is 0 Å². The van der Waals surface area contributed by atoms with Crippen molar-refractivity contribution in [3.8, 4) is 0 Å². The molecule has 1 aliphatic rings. The van der Waals surface area contributed by atoms with Crippen LogP contribution in [0, 0.1) is 6.92 Å². The van der Waals surface area contributed by atoms with E-state index in [-0.39, 0.29) is 24.0 Å². The quantitative estimate of drug-likeness (QED) is 0.225. The molecule has 162 valence electrons. The average Bonchev–Trinajstić information content (AvgIpc) is 3.45. The molecule has 1 aliphatic heterocycles. The van der Waals surface area contributed by atoms with Gasteiger partial charge in [-0.3, -0.25) is 4.90 Å². The van der Waals surface area contributed by atoms with Crippen LogP contribution in [-0.4, -0.2) is 51.8 Å². The summed E-state index contributed by atoms with van der Waals surface area (Å²) >= 11 is 1.84. The largest absolute Gasteiger partial charge is 0.356 e. The molecule has 29 heavy (non-hydrogen) atoms. The minimum Gasteiger partial charge on any atom is -0.356 e. The van der Waals surface area contributed by atoms with E-state index in [0.717, 1.165) is 43.5 Å². The monoisotopic (exact) mass is 531 g/mol. The van der Waals surface area contributed by atoms with Crippen LogP contribution in [0.25, 0.3) is 0 Å². The van der Waals surface area contributed by atoms with Crippen LogP contribution in [0.5, 0.6) is 0 Å². The molecule has 3 heterocycles. The fourth-order valence-corrected chi connectivity index (χ4v) is 4.29. The second-order valence-corrected chi connectivity index (χ2v) is 8.30. The maximum absolute atomic E-state index is 4.78.